The largest absolute Gasteiger partial charge is 0.445 e. The number of alkyl carbamates (subject to hydrolysis) is 2. The molecule has 0 spiro atoms. The lowest BCUT2D eigenvalue weighted by Gasteiger charge is -2.20. The Kier molecular flexibility index (Phi) is 12.4. The normalized spacial score (nSPS) is 12.2. The fraction of sp³-hybridized carbons (Fsp3) is 0.364. The van der Waals surface area contributed by atoms with E-state index in [9.17, 15) is 14.4 Å². The third-order valence-corrected chi connectivity index (χ3v) is 6.23. The van der Waals surface area contributed by atoms with Gasteiger partial charge in [0.1, 0.15) is 12.2 Å². The molecule has 0 aliphatic carbocycles. The summed E-state index contributed by atoms with van der Waals surface area (Å²) in [5, 5.41) is 10.8. The number of amides is 3. The van der Waals surface area contributed by atoms with E-state index in [1.807, 2.05) is 87.5 Å². The molecule has 0 saturated heterocycles. The van der Waals surface area contributed by atoms with Crippen molar-refractivity contribution >= 4 is 34.9 Å². The lowest BCUT2D eigenvalue weighted by molar-refractivity contribution is -0.120. The number of rotatable bonds is 14. The van der Waals surface area contributed by atoms with E-state index in [4.69, 9.17) is 15.2 Å². The number of hydrogen-bond acceptors (Lipinski definition) is 6. The zero-order valence-corrected chi connectivity index (χ0v) is 24.7. The summed E-state index contributed by atoms with van der Waals surface area (Å²) in [4.78, 5) is 35.7. The summed E-state index contributed by atoms with van der Waals surface area (Å²) in [6.07, 6.45) is 4.92. The standard InChI is InChI=1S/C33H42N4O5/c1-33(2,3)42-32(40)37-19-9-18-35-29(30(34)38)22-26-14-16-27-20-24(13-15-28(27)21-26)10-7-8-17-36-31(39)41-23-25-11-5-4-6-12-25/h4-7,10-16,20-21,29,35H,8-9,17-19,22-23H2,1-3H3,(H2,34,38)(H,36,39)(H,37,40)/b10-7+/t29-/m0/s1. The summed E-state index contributed by atoms with van der Waals surface area (Å²) in [6.45, 7) is 7.12. The van der Waals surface area contributed by atoms with E-state index in [1.54, 1.807) is 0 Å². The van der Waals surface area contributed by atoms with E-state index in [2.05, 4.69) is 28.1 Å². The molecule has 0 bridgehead atoms. The van der Waals surface area contributed by atoms with Crippen LogP contribution in [-0.4, -0.2) is 49.4 Å². The number of ether oxygens (including phenoxy) is 2. The highest BCUT2D eigenvalue weighted by Gasteiger charge is 2.17. The highest BCUT2D eigenvalue weighted by atomic mass is 16.6. The number of hydrogen-bond donors (Lipinski definition) is 4. The van der Waals surface area contributed by atoms with E-state index in [-0.39, 0.29) is 6.61 Å². The molecule has 0 aliphatic rings. The number of carbonyl (C=O) groups is 3. The first-order valence-electron chi connectivity index (χ1n) is 14.2. The molecule has 3 aromatic carbocycles. The number of carbonyl (C=O) groups excluding carboxylic acids is 3. The van der Waals surface area contributed by atoms with Crippen LogP contribution in [0.25, 0.3) is 16.8 Å². The maximum absolute atomic E-state index is 12.0. The number of nitrogens with two attached hydrogens (primary N) is 1. The van der Waals surface area contributed by atoms with Gasteiger partial charge in [0.15, 0.2) is 0 Å². The summed E-state index contributed by atoms with van der Waals surface area (Å²) in [6, 6.07) is 21.3. The minimum Gasteiger partial charge on any atom is -0.445 e. The Balaban J connectivity index is 1.41. The first-order chi connectivity index (χ1) is 20.1. The molecule has 0 aliphatic heterocycles. The second-order valence-corrected chi connectivity index (χ2v) is 11.0. The summed E-state index contributed by atoms with van der Waals surface area (Å²) < 4.78 is 10.4. The van der Waals surface area contributed by atoms with Crippen LogP contribution in [0.5, 0.6) is 0 Å². The van der Waals surface area contributed by atoms with E-state index < -0.39 is 29.7 Å². The molecule has 3 aromatic rings. The van der Waals surface area contributed by atoms with Gasteiger partial charge in [-0.15, -0.1) is 0 Å². The minimum absolute atomic E-state index is 0.246. The van der Waals surface area contributed by atoms with Crippen molar-refractivity contribution in [3.63, 3.8) is 0 Å². The van der Waals surface area contributed by atoms with Gasteiger partial charge in [-0.05, 0) is 80.1 Å². The van der Waals surface area contributed by atoms with Gasteiger partial charge in [-0.2, -0.15) is 0 Å². The van der Waals surface area contributed by atoms with Crippen molar-refractivity contribution in [3.05, 3.63) is 89.5 Å². The molecule has 1 atom stereocenters. The molecule has 0 radical (unpaired) electrons. The zero-order chi connectivity index (χ0) is 30.4. The Bertz CT molecular complexity index is 1350. The van der Waals surface area contributed by atoms with Gasteiger partial charge in [0.25, 0.3) is 0 Å². The first-order valence-corrected chi connectivity index (χ1v) is 14.2. The molecule has 3 amide bonds. The van der Waals surface area contributed by atoms with Crippen LogP contribution < -0.4 is 21.7 Å². The van der Waals surface area contributed by atoms with Gasteiger partial charge in [0.2, 0.25) is 5.91 Å². The average Bonchev–Trinajstić information content (AvgIpc) is 2.94. The first kappa shape index (κ1) is 32.1. The predicted molar refractivity (Wildman–Crippen MR) is 166 cm³/mol. The van der Waals surface area contributed by atoms with Gasteiger partial charge >= 0.3 is 12.2 Å². The zero-order valence-electron chi connectivity index (χ0n) is 24.7. The van der Waals surface area contributed by atoms with Gasteiger partial charge in [-0.1, -0.05) is 72.8 Å². The number of fused-ring (bicyclic) bond motifs is 1. The van der Waals surface area contributed by atoms with E-state index in [0.717, 1.165) is 27.5 Å². The molecule has 224 valence electrons. The monoisotopic (exact) mass is 574 g/mol. The van der Waals surface area contributed by atoms with Crippen molar-refractivity contribution in [2.75, 3.05) is 19.6 Å². The van der Waals surface area contributed by atoms with Crippen molar-refractivity contribution in [1.29, 1.82) is 0 Å². The molecular formula is C33H42N4O5. The molecule has 5 N–H and O–H groups in total. The van der Waals surface area contributed by atoms with E-state index in [0.29, 0.717) is 38.9 Å². The molecule has 0 unspecified atom stereocenters. The Morgan fingerprint density at radius 1 is 0.857 bits per heavy atom. The fourth-order valence-electron chi connectivity index (χ4n) is 4.17. The Labute approximate surface area is 247 Å². The van der Waals surface area contributed by atoms with Crippen LogP contribution in [0.3, 0.4) is 0 Å². The van der Waals surface area contributed by atoms with Gasteiger partial charge < -0.3 is 31.2 Å². The molecule has 9 heteroatoms. The highest BCUT2D eigenvalue weighted by Crippen LogP contribution is 2.20. The van der Waals surface area contributed by atoms with Gasteiger partial charge in [0, 0.05) is 13.1 Å². The van der Waals surface area contributed by atoms with Crippen molar-refractivity contribution in [2.24, 2.45) is 5.73 Å². The average molecular weight is 575 g/mol. The summed E-state index contributed by atoms with van der Waals surface area (Å²) in [5.41, 5.74) is 8.10. The van der Waals surface area contributed by atoms with E-state index in [1.165, 1.54) is 0 Å². The molecule has 0 aromatic heterocycles. The van der Waals surface area contributed by atoms with Crippen molar-refractivity contribution in [2.45, 2.75) is 58.3 Å². The van der Waals surface area contributed by atoms with Crippen LogP contribution in [0, 0.1) is 0 Å². The molecular weight excluding hydrogens is 532 g/mol. The molecule has 3 rings (SSSR count). The maximum atomic E-state index is 12.0. The molecule has 0 heterocycles. The molecule has 0 fully saturated rings. The Morgan fingerprint density at radius 3 is 2.31 bits per heavy atom. The van der Waals surface area contributed by atoms with Crippen LogP contribution in [0.2, 0.25) is 0 Å². The van der Waals surface area contributed by atoms with E-state index >= 15 is 0 Å². The lowest BCUT2D eigenvalue weighted by atomic mass is 9.99. The highest BCUT2D eigenvalue weighted by molar-refractivity contribution is 5.86. The van der Waals surface area contributed by atoms with Gasteiger partial charge in [-0.25, -0.2) is 9.59 Å². The molecule has 9 nitrogen and oxygen atoms in total. The second-order valence-electron chi connectivity index (χ2n) is 11.0. The molecule has 42 heavy (non-hydrogen) atoms. The SMILES string of the molecule is CC(C)(C)OC(=O)NCCCN[C@@H](Cc1ccc2cc(/C=C/CCNC(=O)OCc3ccccc3)ccc2c1)C(N)=O. The quantitative estimate of drug-likeness (QED) is 0.199. The van der Waals surface area contributed by atoms with Crippen molar-refractivity contribution < 1.29 is 23.9 Å². The van der Waals surface area contributed by atoms with Gasteiger partial charge in [0.05, 0.1) is 6.04 Å². The molecule has 0 saturated carbocycles. The smallest absolute Gasteiger partial charge is 0.407 e. The third-order valence-electron chi connectivity index (χ3n) is 6.23. The van der Waals surface area contributed by atoms with Gasteiger partial charge in [-0.3, -0.25) is 4.79 Å². The fourth-order valence-corrected chi connectivity index (χ4v) is 4.17. The van der Waals surface area contributed by atoms with Crippen molar-refractivity contribution in [3.8, 4) is 0 Å². The van der Waals surface area contributed by atoms with Crippen LogP contribution in [0.4, 0.5) is 9.59 Å². The minimum atomic E-state index is -0.545. The van der Waals surface area contributed by atoms with Crippen LogP contribution in [-0.2, 0) is 27.3 Å². The second kappa shape index (κ2) is 16.2. The van der Waals surface area contributed by atoms with Crippen LogP contribution in [0.1, 0.15) is 50.3 Å². The number of nitrogens with one attached hydrogen (secondary N) is 3. The summed E-state index contributed by atoms with van der Waals surface area (Å²) >= 11 is 0. The Morgan fingerprint density at radius 2 is 1.57 bits per heavy atom. The number of benzene rings is 3. The summed E-state index contributed by atoms with van der Waals surface area (Å²) in [5.74, 6) is -0.422. The van der Waals surface area contributed by atoms with Crippen molar-refractivity contribution in [1.82, 2.24) is 16.0 Å². The van der Waals surface area contributed by atoms with Crippen LogP contribution in [0.15, 0.2) is 72.8 Å². The summed E-state index contributed by atoms with van der Waals surface area (Å²) in [7, 11) is 0. The number of primary amides is 1. The third kappa shape index (κ3) is 12.0. The Hall–Kier alpha value is -4.37. The predicted octanol–water partition coefficient (Wildman–Crippen LogP) is 5.07. The maximum Gasteiger partial charge on any atom is 0.407 e. The lowest BCUT2D eigenvalue weighted by Crippen LogP contribution is -2.44. The topological polar surface area (TPSA) is 132 Å². The van der Waals surface area contributed by atoms with Crippen LogP contribution >= 0.6 is 0 Å².